The summed E-state index contributed by atoms with van der Waals surface area (Å²) in [5.41, 5.74) is 5.96. The summed E-state index contributed by atoms with van der Waals surface area (Å²) < 4.78 is 38.2. The second kappa shape index (κ2) is 8.95. The molecule has 0 aliphatic heterocycles. The molecule has 0 spiro atoms. The lowest BCUT2D eigenvalue weighted by Gasteiger charge is -2.22. The van der Waals surface area contributed by atoms with Gasteiger partial charge in [0.05, 0.1) is 28.4 Å². The molecule has 10 heteroatoms. The summed E-state index contributed by atoms with van der Waals surface area (Å²) >= 11 is 9.07. The molecule has 0 unspecified atom stereocenters. The Labute approximate surface area is 186 Å². The Morgan fingerprint density at radius 3 is 2.43 bits per heavy atom. The lowest BCUT2D eigenvalue weighted by atomic mass is 10.3. The molecule has 0 aliphatic carbocycles. The van der Waals surface area contributed by atoms with E-state index in [1.807, 2.05) is 0 Å². The minimum atomic E-state index is -4.30. The maximum Gasteiger partial charge on any atom is 0.271 e. The first-order valence-electron chi connectivity index (χ1n) is 8.44. The third-order valence-corrected chi connectivity index (χ3v) is 6.49. The number of amides is 1. The van der Waals surface area contributed by atoms with Crippen molar-refractivity contribution in [3.63, 3.8) is 0 Å². The van der Waals surface area contributed by atoms with Crippen LogP contribution in [0.5, 0.6) is 5.75 Å². The molecule has 2 aromatic carbocycles. The third-order valence-electron chi connectivity index (χ3n) is 4.00. The molecular formula is C20H16BrClN2O5S. The van der Waals surface area contributed by atoms with Crippen molar-refractivity contribution in [1.29, 1.82) is 0 Å². The number of ether oxygens (including phenoxy) is 1. The number of furan rings is 1. The Morgan fingerprint density at radius 2 is 1.87 bits per heavy atom. The summed E-state index contributed by atoms with van der Waals surface area (Å²) in [6, 6.07) is 13.1. The number of methoxy groups -OCH3 is 1. The Hall–Kier alpha value is -2.75. The average molecular weight is 512 g/mol. The highest BCUT2D eigenvalue weighted by Gasteiger charge is 2.30. The molecule has 0 atom stereocenters. The minimum Gasteiger partial charge on any atom is -0.497 e. The van der Waals surface area contributed by atoms with E-state index in [9.17, 15) is 13.2 Å². The predicted molar refractivity (Wildman–Crippen MR) is 119 cm³/mol. The fourth-order valence-electron chi connectivity index (χ4n) is 2.53. The largest absolute Gasteiger partial charge is 0.497 e. The summed E-state index contributed by atoms with van der Waals surface area (Å²) in [6.45, 7) is 0. The van der Waals surface area contributed by atoms with E-state index in [4.69, 9.17) is 26.5 Å². The molecule has 2 N–H and O–H groups in total. The van der Waals surface area contributed by atoms with E-state index in [0.29, 0.717) is 20.5 Å². The van der Waals surface area contributed by atoms with Gasteiger partial charge in [0.25, 0.3) is 15.9 Å². The monoisotopic (exact) mass is 510 g/mol. The van der Waals surface area contributed by atoms with Gasteiger partial charge in [-0.3, -0.25) is 4.79 Å². The number of sulfonamides is 1. The van der Waals surface area contributed by atoms with Gasteiger partial charge in [0.1, 0.15) is 11.5 Å². The van der Waals surface area contributed by atoms with Crippen LogP contribution in [0.4, 0.5) is 11.4 Å². The Morgan fingerprint density at radius 1 is 1.17 bits per heavy atom. The first kappa shape index (κ1) is 21.9. The Kier molecular flexibility index (Phi) is 6.55. The molecule has 1 aromatic heterocycles. The average Bonchev–Trinajstić information content (AvgIpc) is 3.14. The van der Waals surface area contributed by atoms with E-state index < -0.39 is 15.9 Å². The normalized spacial score (nSPS) is 11.6. The Balaban J connectivity index is 2.06. The maximum atomic E-state index is 13.3. The summed E-state index contributed by atoms with van der Waals surface area (Å²) in [6.07, 6.45) is 2.47. The maximum absolute atomic E-state index is 13.3. The van der Waals surface area contributed by atoms with E-state index in [0.717, 1.165) is 6.08 Å². The molecule has 0 saturated heterocycles. The number of nitrogens with two attached hydrogens (primary N) is 1. The predicted octanol–water partition coefficient (Wildman–Crippen LogP) is 4.72. The standard InChI is InChI=1S/C20H16BrClN2O5S/c1-28-14-4-2-13(3-5-14)24(20(25)11-7-15-6-10-19(21)29-15)30(26,27)16-8-9-17(22)18(23)12-16/h2-12H,23H2,1H3/b11-7+. The molecule has 0 aliphatic rings. The number of benzene rings is 2. The number of nitrogens with zero attached hydrogens (tertiary/aromatic N) is 1. The van der Waals surface area contributed by atoms with Crippen molar-refractivity contribution >= 4 is 60.9 Å². The lowest BCUT2D eigenvalue weighted by molar-refractivity contribution is -0.113. The lowest BCUT2D eigenvalue weighted by Crippen LogP contribution is -2.35. The van der Waals surface area contributed by atoms with Gasteiger partial charge in [-0.1, -0.05) is 11.6 Å². The van der Waals surface area contributed by atoms with Gasteiger partial charge < -0.3 is 14.9 Å². The summed E-state index contributed by atoms with van der Waals surface area (Å²) in [4.78, 5) is 12.8. The molecule has 7 nitrogen and oxygen atoms in total. The van der Waals surface area contributed by atoms with Crippen LogP contribution >= 0.6 is 27.5 Å². The van der Waals surface area contributed by atoms with Crippen molar-refractivity contribution in [3.8, 4) is 5.75 Å². The van der Waals surface area contributed by atoms with E-state index in [2.05, 4.69) is 15.9 Å². The molecule has 0 fully saturated rings. The molecule has 0 saturated carbocycles. The van der Waals surface area contributed by atoms with Crippen LogP contribution in [0, 0.1) is 0 Å². The van der Waals surface area contributed by atoms with Gasteiger partial charge in [-0.15, -0.1) is 0 Å². The summed E-state index contributed by atoms with van der Waals surface area (Å²) in [5.74, 6) is 0.0783. The zero-order chi connectivity index (χ0) is 21.9. The van der Waals surface area contributed by atoms with Crippen molar-refractivity contribution < 1.29 is 22.4 Å². The van der Waals surface area contributed by atoms with E-state index in [-0.39, 0.29) is 21.3 Å². The fraction of sp³-hybridized carbons (Fsp3) is 0.0500. The second-order valence-corrected chi connectivity index (χ2v) is 8.94. The quantitative estimate of drug-likeness (QED) is 0.379. The van der Waals surface area contributed by atoms with Crippen molar-refractivity contribution in [2.24, 2.45) is 0 Å². The molecular weight excluding hydrogens is 496 g/mol. The molecule has 0 bridgehead atoms. The number of hydrogen-bond acceptors (Lipinski definition) is 6. The van der Waals surface area contributed by atoms with Crippen LogP contribution < -0.4 is 14.8 Å². The molecule has 30 heavy (non-hydrogen) atoms. The zero-order valence-corrected chi connectivity index (χ0v) is 18.7. The van der Waals surface area contributed by atoms with Crippen LogP contribution in [0.15, 0.2) is 74.7 Å². The SMILES string of the molecule is COc1ccc(N(C(=O)/C=C/c2ccc(Br)o2)S(=O)(=O)c2ccc(Cl)c(N)c2)cc1. The first-order valence-corrected chi connectivity index (χ1v) is 11.1. The number of nitrogen functional groups attached to an aromatic ring is 1. The highest BCUT2D eigenvalue weighted by Crippen LogP contribution is 2.29. The van der Waals surface area contributed by atoms with E-state index in [1.165, 1.54) is 43.5 Å². The smallest absolute Gasteiger partial charge is 0.271 e. The van der Waals surface area contributed by atoms with Gasteiger partial charge in [0.15, 0.2) is 4.67 Å². The number of rotatable bonds is 6. The number of carbonyl (C=O) groups is 1. The van der Waals surface area contributed by atoms with Crippen LogP contribution in [0.25, 0.3) is 6.08 Å². The zero-order valence-electron chi connectivity index (χ0n) is 15.6. The minimum absolute atomic E-state index is 0.0795. The first-order chi connectivity index (χ1) is 14.2. The van der Waals surface area contributed by atoms with Gasteiger partial charge in [-0.25, -0.2) is 8.42 Å². The number of hydrogen-bond donors (Lipinski definition) is 1. The van der Waals surface area contributed by atoms with Crippen LogP contribution in [-0.4, -0.2) is 21.4 Å². The van der Waals surface area contributed by atoms with Crippen molar-refractivity contribution in [2.45, 2.75) is 4.90 Å². The third kappa shape index (κ3) is 4.69. The van der Waals surface area contributed by atoms with Crippen molar-refractivity contribution in [1.82, 2.24) is 0 Å². The molecule has 3 aromatic rings. The fourth-order valence-corrected chi connectivity index (χ4v) is 4.39. The molecule has 1 heterocycles. The topological polar surface area (TPSA) is 103 Å². The number of halogens is 2. The summed E-state index contributed by atoms with van der Waals surface area (Å²) in [5, 5.41) is 0.208. The van der Waals surface area contributed by atoms with Crippen LogP contribution in [0.2, 0.25) is 5.02 Å². The Bertz CT molecular complexity index is 1210. The van der Waals surface area contributed by atoms with E-state index >= 15 is 0 Å². The second-order valence-electron chi connectivity index (χ2n) is 5.96. The summed E-state index contributed by atoms with van der Waals surface area (Å²) in [7, 11) is -2.82. The molecule has 0 radical (unpaired) electrons. The van der Waals surface area contributed by atoms with Crippen molar-refractivity contribution in [2.75, 3.05) is 17.1 Å². The van der Waals surface area contributed by atoms with Gasteiger partial charge in [-0.2, -0.15) is 4.31 Å². The van der Waals surface area contributed by atoms with Gasteiger partial charge in [0.2, 0.25) is 0 Å². The van der Waals surface area contributed by atoms with Crippen LogP contribution in [0.1, 0.15) is 5.76 Å². The molecule has 3 rings (SSSR count). The highest BCUT2D eigenvalue weighted by atomic mass is 79.9. The number of carbonyl (C=O) groups excluding carboxylic acids is 1. The van der Waals surface area contributed by atoms with Gasteiger partial charge in [-0.05, 0) is 76.6 Å². The van der Waals surface area contributed by atoms with Crippen molar-refractivity contribution in [3.05, 3.63) is 76.1 Å². The van der Waals surface area contributed by atoms with Crippen LogP contribution in [0.3, 0.4) is 0 Å². The highest BCUT2D eigenvalue weighted by molar-refractivity contribution is 9.10. The van der Waals surface area contributed by atoms with Crippen LogP contribution in [-0.2, 0) is 14.8 Å². The van der Waals surface area contributed by atoms with Gasteiger partial charge >= 0.3 is 0 Å². The molecule has 1 amide bonds. The van der Waals surface area contributed by atoms with E-state index in [1.54, 1.807) is 24.3 Å². The number of anilines is 2. The molecule has 156 valence electrons. The van der Waals surface area contributed by atoms with Gasteiger partial charge in [0, 0.05) is 6.08 Å².